The third-order valence-electron chi connectivity index (χ3n) is 2.90. The third-order valence-corrected chi connectivity index (χ3v) is 2.90. The summed E-state index contributed by atoms with van der Waals surface area (Å²) >= 11 is 0. The van der Waals surface area contributed by atoms with Gasteiger partial charge in [0.1, 0.15) is 6.04 Å². The maximum absolute atomic E-state index is 11.8. The minimum absolute atomic E-state index is 0.194. The number of benzene rings is 1. The lowest BCUT2D eigenvalue weighted by Gasteiger charge is -2.17. The summed E-state index contributed by atoms with van der Waals surface area (Å²) < 4.78 is 0. The Bertz CT molecular complexity index is 472. The molecule has 0 fully saturated rings. The van der Waals surface area contributed by atoms with Gasteiger partial charge in [-0.05, 0) is 36.5 Å². The molecule has 0 aromatic heterocycles. The summed E-state index contributed by atoms with van der Waals surface area (Å²) in [5.74, 6) is -0.823. The molecule has 3 N–H and O–H groups in total. The molecule has 0 aliphatic heterocycles. The molecule has 0 aliphatic rings. The Hall–Kier alpha value is -2.04. The van der Waals surface area contributed by atoms with E-state index in [0.29, 0.717) is 12.1 Å². The first-order chi connectivity index (χ1) is 9.42. The number of aliphatic carboxylic acids is 1. The van der Waals surface area contributed by atoms with E-state index in [2.05, 4.69) is 10.6 Å². The van der Waals surface area contributed by atoms with Gasteiger partial charge in [0, 0.05) is 5.69 Å². The van der Waals surface area contributed by atoms with Crippen molar-refractivity contribution >= 4 is 17.7 Å². The molecular formula is C15H22N2O3. The van der Waals surface area contributed by atoms with Gasteiger partial charge in [-0.2, -0.15) is 0 Å². The lowest BCUT2D eigenvalue weighted by atomic mass is 10.0. The Morgan fingerprint density at radius 1 is 1.30 bits per heavy atom. The number of hydrogen-bond donors (Lipinski definition) is 3. The van der Waals surface area contributed by atoms with Crippen LogP contribution < -0.4 is 10.6 Å². The fourth-order valence-corrected chi connectivity index (χ4v) is 1.89. The van der Waals surface area contributed by atoms with E-state index in [0.717, 1.165) is 12.0 Å². The predicted octanol–water partition coefficient (Wildman–Crippen LogP) is 2.87. The number of anilines is 1. The van der Waals surface area contributed by atoms with Gasteiger partial charge < -0.3 is 15.7 Å². The maximum atomic E-state index is 11.8. The predicted molar refractivity (Wildman–Crippen MR) is 78.9 cm³/mol. The van der Waals surface area contributed by atoms with Gasteiger partial charge in [0.25, 0.3) is 0 Å². The van der Waals surface area contributed by atoms with Crippen LogP contribution in [0.1, 0.15) is 32.8 Å². The van der Waals surface area contributed by atoms with Crippen LogP contribution in [0.4, 0.5) is 10.5 Å². The van der Waals surface area contributed by atoms with Gasteiger partial charge in [-0.1, -0.05) is 32.9 Å². The number of urea groups is 1. The topological polar surface area (TPSA) is 78.4 Å². The van der Waals surface area contributed by atoms with Crippen LogP contribution in [0.15, 0.2) is 24.3 Å². The van der Waals surface area contributed by atoms with Crippen molar-refractivity contribution in [1.29, 1.82) is 0 Å². The van der Waals surface area contributed by atoms with E-state index >= 15 is 0 Å². The van der Waals surface area contributed by atoms with E-state index in [1.165, 1.54) is 0 Å². The summed E-state index contributed by atoms with van der Waals surface area (Å²) in [5.41, 5.74) is 1.77. The van der Waals surface area contributed by atoms with Crippen molar-refractivity contribution in [2.24, 2.45) is 5.92 Å². The van der Waals surface area contributed by atoms with E-state index in [1.807, 2.05) is 39.0 Å². The Labute approximate surface area is 119 Å². The zero-order valence-electron chi connectivity index (χ0n) is 12.1. The minimum Gasteiger partial charge on any atom is -0.480 e. The summed E-state index contributed by atoms with van der Waals surface area (Å²) in [4.78, 5) is 22.9. The molecule has 5 heteroatoms. The lowest BCUT2D eigenvalue weighted by Crippen LogP contribution is -2.43. The second-order valence-electron chi connectivity index (χ2n) is 5.17. The quantitative estimate of drug-likeness (QED) is 0.748. The number of carboxylic acids is 1. The van der Waals surface area contributed by atoms with Crippen molar-refractivity contribution in [2.75, 3.05) is 5.32 Å². The van der Waals surface area contributed by atoms with Crippen LogP contribution in [0.25, 0.3) is 0 Å². The number of nitrogens with one attached hydrogen (secondary N) is 2. The first-order valence-corrected chi connectivity index (χ1v) is 6.81. The normalized spacial score (nSPS) is 12.0. The van der Waals surface area contributed by atoms with Crippen LogP contribution in [-0.2, 0) is 11.2 Å². The molecule has 0 unspecified atom stereocenters. The molecule has 1 rings (SSSR count). The molecule has 0 saturated carbocycles. The van der Waals surface area contributed by atoms with E-state index < -0.39 is 18.0 Å². The van der Waals surface area contributed by atoms with E-state index in [4.69, 9.17) is 5.11 Å². The van der Waals surface area contributed by atoms with Crippen molar-refractivity contribution in [3.63, 3.8) is 0 Å². The second kappa shape index (κ2) is 7.53. The molecule has 2 amide bonds. The Kier molecular flexibility index (Phi) is 6.03. The molecule has 1 aromatic carbocycles. The molecule has 5 nitrogen and oxygen atoms in total. The van der Waals surface area contributed by atoms with Crippen LogP contribution in [0.2, 0.25) is 0 Å². The van der Waals surface area contributed by atoms with Gasteiger partial charge in [0.2, 0.25) is 0 Å². The number of rotatable bonds is 6. The number of aryl methyl sites for hydroxylation is 1. The van der Waals surface area contributed by atoms with Crippen LogP contribution in [-0.4, -0.2) is 23.1 Å². The molecule has 0 saturated heterocycles. The maximum Gasteiger partial charge on any atom is 0.326 e. The zero-order chi connectivity index (χ0) is 15.1. The highest BCUT2D eigenvalue weighted by molar-refractivity contribution is 5.92. The smallest absolute Gasteiger partial charge is 0.326 e. The molecule has 1 aromatic rings. The summed E-state index contributed by atoms with van der Waals surface area (Å²) in [6, 6.07) is 6.11. The third kappa shape index (κ3) is 5.30. The van der Waals surface area contributed by atoms with E-state index in [9.17, 15) is 9.59 Å². The summed E-state index contributed by atoms with van der Waals surface area (Å²) in [5, 5.41) is 14.2. The molecule has 0 spiro atoms. The Morgan fingerprint density at radius 3 is 2.55 bits per heavy atom. The van der Waals surface area contributed by atoms with E-state index in [1.54, 1.807) is 6.07 Å². The average molecular weight is 278 g/mol. The summed E-state index contributed by atoms with van der Waals surface area (Å²) in [6.07, 6.45) is 1.28. The second-order valence-corrected chi connectivity index (χ2v) is 5.17. The summed E-state index contributed by atoms with van der Waals surface area (Å²) in [6.45, 7) is 5.86. The Balaban J connectivity index is 2.63. The van der Waals surface area contributed by atoms with Gasteiger partial charge in [-0.25, -0.2) is 9.59 Å². The SMILES string of the molecule is CCc1cccc(NC(=O)N[C@@H](CC(C)C)C(=O)O)c1. The molecule has 1 atom stereocenters. The number of carbonyl (C=O) groups excluding carboxylic acids is 1. The standard InChI is InChI=1S/C15H22N2O3/c1-4-11-6-5-7-12(9-11)16-15(20)17-13(14(18)19)8-10(2)3/h5-7,9-10,13H,4,8H2,1-3H3,(H,18,19)(H2,16,17,20)/t13-/m0/s1. The number of carbonyl (C=O) groups is 2. The van der Waals surface area contributed by atoms with Crippen molar-refractivity contribution < 1.29 is 14.7 Å². The van der Waals surface area contributed by atoms with Crippen LogP contribution in [0.3, 0.4) is 0 Å². The number of hydrogen-bond acceptors (Lipinski definition) is 2. The van der Waals surface area contributed by atoms with Crippen molar-refractivity contribution in [3.05, 3.63) is 29.8 Å². The monoisotopic (exact) mass is 278 g/mol. The van der Waals surface area contributed by atoms with Gasteiger partial charge in [0.15, 0.2) is 0 Å². The minimum atomic E-state index is -1.02. The van der Waals surface area contributed by atoms with Crippen molar-refractivity contribution in [2.45, 2.75) is 39.7 Å². The highest BCUT2D eigenvalue weighted by Gasteiger charge is 2.20. The highest BCUT2D eigenvalue weighted by atomic mass is 16.4. The molecule has 20 heavy (non-hydrogen) atoms. The number of carboxylic acid groups (broad SMARTS) is 1. The summed E-state index contributed by atoms with van der Waals surface area (Å²) in [7, 11) is 0. The highest BCUT2D eigenvalue weighted by Crippen LogP contribution is 2.11. The van der Waals surface area contributed by atoms with Gasteiger partial charge >= 0.3 is 12.0 Å². The number of amides is 2. The molecule has 0 radical (unpaired) electrons. The zero-order valence-corrected chi connectivity index (χ0v) is 12.1. The average Bonchev–Trinajstić information content (AvgIpc) is 2.37. The van der Waals surface area contributed by atoms with Gasteiger partial charge in [-0.3, -0.25) is 0 Å². The first kappa shape index (κ1) is 16.0. The fourth-order valence-electron chi connectivity index (χ4n) is 1.89. The Morgan fingerprint density at radius 2 is 2.00 bits per heavy atom. The van der Waals surface area contributed by atoms with Crippen molar-refractivity contribution in [3.8, 4) is 0 Å². The van der Waals surface area contributed by atoms with Crippen molar-refractivity contribution in [1.82, 2.24) is 5.32 Å². The van der Waals surface area contributed by atoms with Crippen LogP contribution in [0.5, 0.6) is 0 Å². The molecule has 0 aliphatic carbocycles. The van der Waals surface area contributed by atoms with E-state index in [-0.39, 0.29) is 5.92 Å². The molecular weight excluding hydrogens is 256 g/mol. The van der Waals surface area contributed by atoms with Gasteiger partial charge in [0.05, 0.1) is 0 Å². The fraction of sp³-hybridized carbons (Fsp3) is 0.467. The van der Waals surface area contributed by atoms with Crippen LogP contribution in [0, 0.1) is 5.92 Å². The lowest BCUT2D eigenvalue weighted by molar-refractivity contribution is -0.139. The first-order valence-electron chi connectivity index (χ1n) is 6.81. The molecule has 0 bridgehead atoms. The molecule has 0 heterocycles. The largest absolute Gasteiger partial charge is 0.480 e. The van der Waals surface area contributed by atoms with Crippen LogP contribution >= 0.6 is 0 Å². The molecule has 110 valence electrons. The van der Waals surface area contributed by atoms with Gasteiger partial charge in [-0.15, -0.1) is 0 Å².